The van der Waals surface area contributed by atoms with Gasteiger partial charge < -0.3 is 4.74 Å². The Hall–Kier alpha value is -1.24. The molecule has 1 heteroatoms. The van der Waals surface area contributed by atoms with Crippen LogP contribution in [0.3, 0.4) is 0 Å². The van der Waals surface area contributed by atoms with E-state index in [2.05, 4.69) is 12.2 Å². The number of hydrogen-bond acceptors (Lipinski definition) is 1. The highest BCUT2D eigenvalue weighted by Crippen LogP contribution is 2.18. The Labute approximate surface area is 85.4 Å². The predicted octanol–water partition coefficient (Wildman–Crippen LogP) is 3.42. The van der Waals surface area contributed by atoms with Crippen LogP contribution in [0.25, 0.3) is 0 Å². The van der Waals surface area contributed by atoms with Crippen molar-refractivity contribution in [3.8, 4) is 5.75 Å². The zero-order chi connectivity index (χ0) is 9.64. The minimum atomic E-state index is 0.615. The number of hydrogen-bond donors (Lipinski definition) is 0. The fourth-order valence-electron chi connectivity index (χ4n) is 1.74. The van der Waals surface area contributed by atoms with Gasteiger partial charge in [-0.3, -0.25) is 0 Å². The maximum Gasteiger partial charge on any atom is 0.119 e. The van der Waals surface area contributed by atoms with Crippen molar-refractivity contribution in [1.82, 2.24) is 0 Å². The first-order valence-corrected chi connectivity index (χ1v) is 5.29. The van der Waals surface area contributed by atoms with Crippen LogP contribution in [-0.2, 0) is 0 Å². The van der Waals surface area contributed by atoms with Gasteiger partial charge in [-0.15, -0.1) is 0 Å². The Kier molecular flexibility index (Phi) is 3.23. The number of allylic oxidation sites excluding steroid dienone is 1. The number of ether oxygens (including phenoxy) is 1. The SMILES string of the molecule is C1=CC(COc2ccccc2)CCC1. The zero-order valence-corrected chi connectivity index (χ0v) is 8.36. The summed E-state index contributed by atoms with van der Waals surface area (Å²) in [4.78, 5) is 0. The van der Waals surface area contributed by atoms with Gasteiger partial charge in [0, 0.05) is 5.92 Å². The monoisotopic (exact) mass is 188 g/mol. The highest BCUT2D eigenvalue weighted by atomic mass is 16.5. The molecule has 1 aromatic carbocycles. The van der Waals surface area contributed by atoms with Gasteiger partial charge in [0.2, 0.25) is 0 Å². The summed E-state index contributed by atoms with van der Waals surface area (Å²) in [6, 6.07) is 10.0. The van der Waals surface area contributed by atoms with E-state index in [0.717, 1.165) is 12.4 Å². The summed E-state index contributed by atoms with van der Waals surface area (Å²) in [5, 5.41) is 0. The Bertz CT molecular complexity index is 289. The van der Waals surface area contributed by atoms with E-state index in [1.54, 1.807) is 0 Å². The van der Waals surface area contributed by atoms with E-state index in [1.165, 1.54) is 19.3 Å². The lowest BCUT2D eigenvalue weighted by atomic mass is 9.97. The van der Waals surface area contributed by atoms with E-state index in [1.807, 2.05) is 30.3 Å². The van der Waals surface area contributed by atoms with Gasteiger partial charge in [-0.05, 0) is 31.4 Å². The predicted molar refractivity (Wildman–Crippen MR) is 58.4 cm³/mol. The van der Waals surface area contributed by atoms with E-state index in [-0.39, 0.29) is 0 Å². The van der Waals surface area contributed by atoms with Gasteiger partial charge in [0.1, 0.15) is 5.75 Å². The van der Waals surface area contributed by atoms with Crippen molar-refractivity contribution >= 4 is 0 Å². The first kappa shape index (κ1) is 9.32. The molecule has 0 radical (unpaired) electrons. The maximum absolute atomic E-state index is 5.69. The highest BCUT2D eigenvalue weighted by molar-refractivity contribution is 5.21. The van der Waals surface area contributed by atoms with E-state index in [9.17, 15) is 0 Å². The quantitative estimate of drug-likeness (QED) is 0.660. The normalized spacial score (nSPS) is 20.7. The van der Waals surface area contributed by atoms with E-state index in [4.69, 9.17) is 4.74 Å². The van der Waals surface area contributed by atoms with Gasteiger partial charge in [-0.25, -0.2) is 0 Å². The van der Waals surface area contributed by atoms with Crippen LogP contribution in [0.1, 0.15) is 19.3 Å². The van der Waals surface area contributed by atoms with Gasteiger partial charge in [0.25, 0.3) is 0 Å². The third kappa shape index (κ3) is 2.63. The van der Waals surface area contributed by atoms with Crippen molar-refractivity contribution in [3.05, 3.63) is 42.5 Å². The van der Waals surface area contributed by atoms with Gasteiger partial charge >= 0.3 is 0 Å². The van der Waals surface area contributed by atoms with Crippen molar-refractivity contribution in [3.63, 3.8) is 0 Å². The maximum atomic E-state index is 5.69. The highest BCUT2D eigenvalue weighted by Gasteiger charge is 2.08. The molecular formula is C13H16O. The molecule has 0 spiro atoms. The Morgan fingerprint density at radius 2 is 2.07 bits per heavy atom. The molecule has 74 valence electrons. The minimum absolute atomic E-state index is 0.615. The number of rotatable bonds is 3. The molecule has 1 unspecified atom stereocenters. The summed E-state index contributed by atoms with van der Waals surface area (Å²) in [6.07, 6.45) is 8.36. The lowest BCUT2D eigenvalue weighted by molar-refractivity contribution is 0.263. The second kappa shape index (κ2) is 4.85. The third-order valence-electron chi connectivity index (χ3n) is 2.56. The molecule has 0 saturated heterocycles. The molecule has 1 aliphatic rings. The summed E-state index contributed by atoms with van der Waals surface area (Å²) in [5.74, 6) is 1.59. The van der Waals surface area contributed by atoms with E-state index in [0.29, 0.717) is 5.92 Å². The van der Waals surface area contributed by atoms with E-state index >= 15 is 0 Å². The average molecular weight is 188 g/mol. The summed E-state index contributed by atoms with van der Waals surface area (Å²) in [6.45, 7) is 0.820. The fraction of sp³-hybridized carbons (Fsp3) is 0.385. The molecule has 0 bridgehead atoms. The first-order valence-electron chi connectivity index (χ1n) is 5.29. The summed E-state index contributed by atoms with van der Waals surface area (Å²) >= 11 is 0. The van der Waals surface area contributed by atoms with Crippen molar-refractivity contribution in [2.45, 2.75) is 19.3 Å². The Morgan fingerprint density at radius 3 is 2.79 bits per heavy atom. The summed E-state index contributed by atoms with van der Waals surface area (Å²) < 4.78 is 5.69. The number of para-hydroxylation sites is 1. The topological polar surface area (TPSA) is 9.23 Å². The van der Waals surface area contributed by atoms with Gasteiger partial charge in [0.05, 0.1) is 6.61 Å². The average Bonchev–Trinajstić information content (AvgIpc) is 2.29. The van der Waals surface area contributed by atoms with Crippen LogP contribution in [0.2, 0.25) is 0 Å². The molecular weight excluding hydrogens is 172 g/mol. The molecule has 0 fully saturated rings. The van der Waals surface area contributed by atoms with Crippen molar-refractivity contribution in [2.75, 3.05) is 6.61 Å². The van der Waals surface area contributed by atoms with Crippen LogP contribution in [-0.4, -0.2) is 6.61 Å². The second-order valence-electron chi connectivity index (χ2n) is 3.74. The van der Waals surface area contributed by atoms with Crippen LogP contribution >= 0.6 is 0 Å². The van der Waals surface area contributed by atoms with Crippen LogP contribution in [0, 0.1) is 5.92 Å². The molecule has 0 saturated carbocycles. The molecule has 1 aliphatic carbocycles. The molecule has 2 rings (SSSR count). The Morgan fingerprint density at radius 1 is 1.21 bits per heavy atom. The fourth-order valence-corrected chi connectivity index (χ4v) is 1.74. The molecule has 1 nitrogen and oxygen atoms in total. The van der Waals surface area contributed by atoms with Gasteiger partial charge in [-0.2, -0.15) is 0 Å². The van der Waals surface area contributed by atoms with Gasteiger partial charge in [0.15, 0.2) is 0 Å². The molecule has 0 heterocycles. The molecule has 14 heavy (non-hydrogen) atoms. The van der Waals surface area contributed by atoms with Crippen LogP contribution < -0.4 is 4.74 Å². The van der Waals surface area contributed by atoms with E-state index < -0.39 is 0 Å². The van der Waals surface area contributed by atoms with Crippen molar-refractivity contribution in [1.29, 1.82) is 0 Å². The molecule has 0 N–H and O–H groups in total. The lowest BCUT2D eigenvalue weighted by Gasteiger charge is -2.16. The largest absolute Gasteiger partial charge is 0.493 e. The minimum Gasteiger partial charge on any atom is -0.493 e. The smallest absolute Gasteiger partial charge is 0.119 e. The van der Waals surface area contributed by atoms with Crippen LogP contribution in [0.5, 0.6) is 5.75 Å². The van der Waals surface area contributed by atoms with Crippen LogP contribution in [0.15, 0.2) is 42.5 Å². The summed E-state index contributed by atoms with van der Waals surface area (Å²) in [7, 11) is 0. The first-order chi connectivity index (χ1) is 6.95. The number of benzene rings is 1. The lowest BCUT2D eigenvalue weighted by Crippen LogP contribution is -2.11. The van der Waals surface area contributed by atoms with Gasteiger partial charge in [-0.1, -0.05) is 30.4 Å². The Balaban J connectivity index is 1.82. The molecule has 0 aliphatic heterocycles. The molecule has 0 amide bonds. The zero-order valence-electron chi connectivity index (χ0n) is 8.36. The second-order valence-corrected chi connectivity index (χ2v) is 3.74. The molecule has 0 aromatic heterocycles. The third-order valence-corrected chi connectivity index (χ3v) is 2.56. The van der Waals surface area contributed by atoms with Crippen molar-refractivity contribution in [2.24, 2.45) is 5.92 Å². The summed E-state index contributed by atoms with van der Waals surface area (Å²) in [5.41, 5.74) is 0. The molecule has 1 atom stereocenters. The molecule has 1 aromatic rings. The van der Waals surface area contributed by atoms with Crippen molar-refractivity contribution < 1.29 is 4.74 Å². The standard InChI is InChI=1S/C13H16O/c1-3-7-12(8-4-1)11-14-13-9-5-2-6-10-13/h2-3,5-7,9-10,12H,1,4,8,11H2. The van der Waals surface area contributed by atoms with Crippen LogP contribution in [0.4, 0.5) is 0 Å².